The van der Waals surface area contributed by atoms with E-state index in [0.29, 0.717) is 12.5 Å². The molecule has 0 radical (unpaired) electrons. The molecule has 2 aliphatic heterocycles. The zero-order valence-corrected chi connectivity index (χ0v) is 12.7. The molecule has 1 fully saturated rings. The van der Waals surface area contributed by atoms with E-state index in [-0.39, 0.29) is 5.91 Å². The summed E-state index contributed by atoms with van der Waals surface area (Å²) in [6.07, 6.45) is 1.62. The molecule has 1 amide bonds. The predicted octanol–water partition coefficient (Wildman–Crippen LogP) is 2.56. The Kier molecular flexibility index (Phi) is 3.19. The molecule has 4 heteroatoms. The van der Waals surface area contributed by atoms with Crippen molar-refractivity contribution >= 4 is 22.9 Å². The van der Waals surface area contributed by atoms with Gasteiger partial charge in [-0.2, -0.15) is 0 Å². The highest BCUT2D eigenvalue weighted by Gasteiger charge is 2.35. The van der Waals surface area contributed by atoms with Crippen LogP contribution in [0.2, 0.25) is 0 Å². The summed E-state index contributed by atoms with van der Waals surface area (Å²) in [6.45, 7) is 2.66. The van der Waals surface area contributed by atoms with Crippen molar-refractivity contribution in [2.45, 2.75) is 18.9 Å². The molecule has 1 atom stereocenters. The van der Waals surface area contributed by atoms with Gasteiger partial charge >= 0.3 is 0 Å². The maximum atomic E-state index is 12.4. The van der Waals surface area contributed by atoms with Crippen molar-refractivity contribution in [3.63, 3.8) is 0 Å². The average Bonchev–Trinajstić information content (AvgIpc) is 3.13. The first-order valence-electron chi connectivity index (χ1n) is 7.46. The standard InChI is InChI=1S/C17H18N2OS/c20-17(11-15-5-3-9-21-15)18-7-8-19-14(12-18)10-13-4-1-2-6-16(13)19/h1-6,9,14H,7-8,10-12H2. The molecule has 0 N–H and O–H groups in total. The molecule has 21 heavy (non-hydrogen) atoms. The van der Waals surface area contributed by atoms with Gasteiger partial charge in [0.05, 0.1) is 12.5 Å². The molecule has 3 nitrogen and oxygen atoms in total. The zero-order chi connectivity index (χ0) is 14.2. The summed E-state index contributed by atoms with van der Waals surface area (Å²) in [5.41, 5.74) is 2.79. The molecule has 0 bridgehead atoms. The lowest BCUT2D eigenvalue weighted by Crippen LogP contribution is -2.53. The molecule has 4 rings (SSSR count). The molecule has 1 unspecified atom stereocenters. The van der Waals surface area contributed by atoms with E-state index in [4.69, 9.17) is 0 Å². The molecule has 108 valence electrons. The van der Waals surface area contributed by atoms with Crippen LogP contribution in [0.4, 0.5) is 5.69 Å². The Balaban J connectivity index is 1.45. The topological polar surface area (TPSA) is 23.6 Å². The smallest absolute Gasteiger partial charge is 0.227 e. The van der Waals surface area contributed by atoms with E-state index in [9.17, 15) is 4.79 Å². The molecular weight excluding hydrogens is 280 g/mol. The van der Waals surface area contributed by atoms with Crippen LogP contribution in [0.25, 0.3) is 0 Å². The van der Waals surface area contributed by atoms with Crippen LogP contribution in [0.3, 0.4) is 0 Å². The lowest BCUT2D eigenvalue weighted by Gasteiger charge is -2.39. The van der Waals surface area contributed by atoms with E-state index in [0.717, 1.165) is 30.9 Å². The fourth-order valence-electron chi connectivity index (χ4n) is 3.47. The molecule has 1 saturated heterocycles. The summed E-state index contributed by atoms with van der Waals surface area (Å²) in [7, 11) is 0. The van der Waals surface area contributed by atoms with Crippen molar-refractivity contribution in [3.8, 4) is 0 Å². The fraction of sp³-hybridized carbons (Fsp3) is 0.353. The first kappa shape index (κ1) is 12.9. The SMILES string of the molecule is O=C(Cc1cccs1)N1CCN2c3ccccc3CC2C1. The maximum Gasteiger partial charge on any atom is 0.227 e. The number of carbonyl (C=O) groups is 1. The van der Waals surface area contributed by atoms with E-state index in [2.05, 4.69) is 29.2 Å². The van der Waals surface area contributed by atoms with Crippen LogP contribution in [0.1, 0.15) is 10.4 Å². The number of hydrogen-bond acceptors (Lipinski definition) is 3. The van der Waals surface area contributed by atoms with Crippen LogP contribution in [-0.2, 0) is 17.6 Å². The van der Waals surface area contributed by atoms with Crippen molar-refractivity contribution < 1.29 is 4.79 Å². The van der Waals surface area contributed by atoms with Crippen LogP contribution in [0.5, 0.6) is 0 Å². The van der Waals surface area contributed by atoms with E-state index in [1.807, 2.05) is 22.4 Å². The Labute approximate surface area is 128 Å². The lowest BCUT2D eigenvalue weighted by molar-refractivity contribution is -0.131. The highest BCUT2D eigenvalue weighted by Crippen LogP contribution is 2.33. The number of piperazine rings is 1. The highest BCUT2D eigenvalue weighted by molar-refractivity contribution is 7.10. The molecular formula is C17H18N2OS. The summed E-state index contributed by atoms with van der Waals surface area (Å²) in [6, 6.07) is 13.2. The predicted molar refractivity (Wildman–Crippen MR) is 85.9 cm³/mol. The first-order valence-corrected chi connectivity index (χ1v) is 8.34. The number of thiophene rings is 1. The van der Waals surface area contributed by atoms with Crippen LogP contribution < -0.4 is 4.90 Å². The normalized spacial score (nSPS) is 20.3. The number of nitrogens with zero attached hydrogens (tertiary/aromatic N) is 2. The van der Waals surface area contributed by atoms with Crippen LogP contribution >= 0.6 is 11.3 Å². The maximum absolute atomic E-state index is 12.4. The molecule has 0 aliphatic carbocycles. The molecule has 0 spiro atoms. The summed E-state index contributed by atoms with van der Waals surface area (Å²) in [5, 5.41) is 2.04. The Morgan fingerprint density at radius 2 is 2.10 bits per heavy atom. The molecule has 2 aliphatic rings. The van der Waals surface area contributed by atoms with Gasteiger partial charge < -0.3 is 9.80 Å². The monoisotopic (exact) mass is 298 g/mol. The minimum atomic E-state index is 0.271. The third-order valence-electron chi connectivity index (χ3n) is 4.50. The first-order chi connectivity index (χ1) is 10.3. The zero-order valence-electron chi connectivity index (χ0n) is 11.9. The van der Waals surface area contributed by atoms with Crippen molar-refractivity contribution in [1.29, 1.82) is 0 Å². The number of amides is 1. The van der Waals surface area contributed by atoms with E-state index in [1.54, 1.807) is 11.3 Å². The number of benzene rings is 1. The van der Waals surface area contributed by atoms with Gasteiger partial charge in [-0.15, -0.1) is 11.3 Å². The number of anilines is 1. The van der Waals surface area contributed by atoms with Crippen LogP contribution in [0, 0.1) is 0 Å². The summed E-state index contributed by atoms with van der Waals surface area (Å²) >= 11 is 1.67. The van der Waals surface area contributed by atoms with Crippen LogP contribution in [-0.4, -0.2) is 36.5 Å². The van der Waals surface area contributed by atoms with Crippen molar-refractivity contribution in [3.05, 3.63) is 52.2 Å². The third kappa shape index (κ3) is 2.33. The number of fused-ring (bicyclic) bond motifs is 3. The molecule has 1 aromatic carbocycles. The summed E-state index contributed by atoms with van der Waals surface area (Å²) < 4.78 is 0. The third-order valence-corrected chi connectivity index (χ3v) is 5.37. The second kappa shape index (κ2) is 5.19. The van der Waals surface area contributed by atoms with Gasteiger partial charge in [0.1, 0.15) is 0 Å². The largest absolute Gasteiger partial charge is 0.364 e. The summed E-state index contributed by atoms with van der Waals surface area (Å²) in [4.78, 5) is 18.1. The van der Waals surface area contributed by atoms with Gasteiger partial charge in [0.2, 0.25) is 5.91 Å². The van der Waals surface area contributed by atoms with Crippen molar-refractivity contribution in [1.82, 2.24) is 4.90 Å². The second-order valence-electron chi connectivity index (χ2n) is 5.78. The minimum Gasteiger partial charge on any atom is -0.364 e. The Morgan fingerprint density at radius 3 is 2.95 bits per heavy atom. The lowest BCUT2D eigenvalue weighted by atomic mass is 10.1. The number of para-hydroxylation sites is 1. The van der Waals surface area contributed by atoms with Gasteiger partial charge in [0, 0.05) is 30.2 Å². The van der Waals surface area contributed by atoms with E-state index < -0.39 is 0 Å². The van der Waals surface area contributed by atoms with Gasteiger partial charge in [0.25, 0.3) is 0 Å². The fourth-order valence-corrected chi connectivity index (χ4v) is 4.16. The number of rotatable bonds is 2. The molecule has 0 saturated carbocycles. The van der Waals surface area contributed by atoms with Gasteiger partial charge in [-0.25, -0.2) is 0 Å². The minimum absolute atomic E-state index is 0.271. The van der Waals surface area contributed by atoms with Crippen LogP contribution in [0.15, 0.2) is 41.8 Å². The van der Waals surface area contributed by atoms with Gasteiger partial charge in [-0.05, 0) is 29.5 Å². The average molecular weight is 298 g/mol. The van der Waals surface area contributed by atoms with Crippen molar-refractivity contribution in [2.24, 2.45) is 0 Å². The highest BCUT2D eigenvalue weighted by atomic mass is 32.1. The van der Waals surface area contributed by atoms with E-state index in [1.165, 1.54) is 11.3 Å². The second-order valence-corrected chi connectivity index (χ2v) is 6.81. The van der Waals surface area contributed by atoms with Crippen molar-refractivity contribution in [2.75, 3.05) is 24.5 Å². The quantitative estimate of drug-likeness (QED) is 0.851. The Hall–Kier alpha value is -1.81. The Morgan fingerprint density at radius 1 is 1.19 bits per heavy atom. The Bertz CT molecular complexity index is 653. The molecule has 1 aromatic heterocycles. The van der Waals surface area contributed by atoms with Gasteiger partial charge in [-0.3, -0.25) is 4.79 Å². The number of carbonyl (C=O) groups excluding carboxylic acids is 1. The number of hydrogen-bond donors (Lipinski definition) is 0. The summed E-state index contributed by atoms with van der Waals surface area (Å²) in [5.74, 6) is 0.271. The van der Waals surface area contributed by atoms with E-state index >= 15 is 0 Å². The molecule has 3 heterocycles. The van der Waals surface area contributed by atoms with Gasteiger partial charge in [0.15, 0.2) is 0 Å². The van der Waals surface area contributed by atoms with Gasteiger partial charge in [-0.1, -0.05) is 24.3 Å². The molecule has 2 aromatic rings.